The zero-order valence-corrected chi connectivity index (χ0v) is 10.3. The average Bonchev–Trinajstić information content (AvgIpc) is 2.28. The smallest absolute Gasteiger partial charge is 0.253 e. The summed E-state index contributed by atoms with van der Waals surface area (Å²) in [5, 5.41) is 3.44. The van der Waals surface area contributed by atoms with Crippen LogP contribution in [0.3, 0.4) is 0 Å². The van der Waals surface area contributed by atoms with Gasteiger partial charge in [0, 0.05) is 16.8 Å². The molecule has 0 aromatic heterocycles. The highest BCUT2D eigenvalue weighted by molar-refractivity contribution is 6.31. The van der Waals surface area contributed by atoms with E-state index in [-0.39, 0.29) is 11.9 Å². The van der Waals surface area contributed by atoms with Crippen molar-refractivity contribution in [2.24, 2.45) is 0 Å². The molecule has 0 radical (unpaired) electrons. The number of hydrogen-bond acceptors (Lipinski definition) is 2. The first-order chi connectivity index (χ1) is 7.58. The molecule has 0 fully saturated rings. The predicted molar refractivity (Wildman–Crippen MR) is 67.7 cm³/mol. The summed E-state index contributed by atoms with van der Waals surface area (Å²) in [6.07, 6.45) is 1.81. The molecule has 1 rings (SSSR count). The maximum Gasteiger partial charge on any atom is 0.253 e. The van der Waals surface area contributed by atoms with Gasteiger partial charge in [-0.3, -0.25) is 4.79 Å². The second-order valence-corrected chi connectivity index (χ2v) is 4.15. The number of rotatable bonds is 4. The van der Waals surface area contributed by atoms with Gasteiger partial charge in [-0.25, -0.2) is 0 Å². The van der Waals surface area contributed by atoms with Gasteiger partial charge in [0.2, 0.25) is 0 Å². The van der Waals surface area contributed by atoms with E-state index in [2.05, 4.69) is 5.32 Å². The lowest BCUT2D eigenvalue weighted by molar-refractivity contribution is 0.0936. The van der Waals surface area contributed by atoms with Crippen molar-refractivity contribution in [3.8, 4) is 0 Å². The van der Waals surface area contributed by atoms with E-state index in [0.717, 1.165) is 12.8 Å². The summed E-state index contributed by atoms with van der Waals surface area (Å²) >= 11 is 5.83. The molecule has 0 bridgehead atoms. The third-order valence-corrected chi connectivity index (χ3v) is 2.82. The quantitative estimate of drug-likeness (QED) is 0.796. The molecule has 1 aromatic carbocycles. The summed E-state index contributed by atoms with van der Waals surface area (Å²) in [5.74, 6) is -0.159. The van der Waals surface area contributed by atoms with E-state index < -0.39 is 0 Å². The van der Waals surface area contributed by atoms with Gasteiger partial charge in [-0.15, -0.1) is 0 Å². The first-order valence-corrected chi connectivity index (χ1v) is 5.82. The molecule has 0 atom stereocenters. The van der Waals surface area contributed by atoms with Crippen LogP contribution in [-0.4, -0.2) is 11.9 Å². The van der Waals surface area contributed by atoms with Gasteiger partial charge in [-0.2, -0.15) is 0 Å². The maximum atomic E-state index is 11.9. The topological polar surface area (TPSA) is 55.1 Å². The Morgan fingerprint density at radius 1 is 1.44 bits per heavy atom. The lowest BCUT2D eigenvalue weighted by Crippen LogP contribution is -2.34. The number of hydrogen-bond donors (Lipinski definition) is 2. The van der Waals surface area contributed by atoms with Gasteiger partial charge >= 0.3 is 0 Å². The number of halogens is 1. The summed E-state index contributed by atoms with van der Waals surface area (Å²) in [4.78, 5) is 11.9. The van der Waals surface area contributed by atoms with Crippen molar-refractivity contribution in [1.29, 1.82) is 0 Å². The van der Waals surface area contributed by atoms with E-state index in [1.165, 1.54) is 0 Å². The molecule has 0 heterocycles. The van der Waals surface area contributed by atoms with Crippen LogP contribution in [0.1, 0.15) is 37.0 Å². The fraction of sp³-hybridized carbons (Fsp3) is 0.417. The molecule has 0 saturated carbocycles. The largest absolute Gasteiger partial charge is 0.398 e. The zero-order chi connectivity index (χ0) is 12.1. The van der Waals surface area contributed by atoms with Crippen LogP contribution in [-0.2, 0) is 0 Å². The first-order valence-electron chi connectivity index (χ1n) is 5.44. The fourth-order valence-electron chi connectivity index (χ4n) is 1.48. The minimum absolute atomic E-state index is 0.159. The SMILES string of the molecule is CCC(CC)NC(=O)c1cc(Cl)ccc1N. The Kier molecular flexibility index (Phi) is 4.62. The van der Waals surface area contributed by atoms with Crippen molar-refractivity contribution < 1.29 is 4.79 Å². The van der Waals surface area contributed by atoms with Gasteiger partial charge in [0.25, 0.3) is 5.91 Å². The number of anilines is 1. The number of amides is 1. The number of carbonyl (C=O) groups is 1. The van der Waals surface area contributed by atoms with Crippen LogP contribution < -0.4 is 11.1 Å². The van der Waals surface area contributed by atoms with Crippen LogP contribution in [0.15, 0.2) is 18.2 Å². The lowest BCUT2D eigenvalue weighted by Gasteiger charge is -2.15. The van der Waals surface area contributed by atoms with Crippen molar-refractivity contribution in [2.45, 2.75) is 32.7 Å². The number of nitrogens with one attached hydrogen (secondary N) is 1. The van der Waals surface area contributed by atoms with Crippen molar-refractivity contribution in [3.63, 3.8) is 0 Å². The number of benzene rings is 1. The molecule has 16 heavy (non-hydrogen) atoms. The van der Waals surface area contributed by atoms with Crippen molar-refractivity contribution in [3.05, 3.63) is 28.8 Å². The molecule has 0 unspecified atom stereocenters. The Morgan fingerprint density at radius 2 is 2.06 bits per heavy atom. The van der Waals surface area contributed by atoms with Gasteiger partial charge < -0.3 is 11.1 Å². The van der Waals surface area contributed by atoms with Crippen LogP contribution in [0.5, 0.6) is 0 Å². The minimum Gasteiger partial charge on any atom is -0.398 e. The Labute approximate surface area is 101 Å². The monoisotopic (exact) mass is 240 g/mol. The molecule has 1 aromatic rings. The summed E-state index contributed by atoms with van der Waals surface area (Å²) < 4.78 is 0. The van der Waals surface area contributed by atoms with Crippen molar-refractivity contribution in [1.82, 2.24) is 5.32 Å². The average molecular weight is 241 g/mol. The highest BCUT2D eigenvalue weighted by Crippen LogP contribution is 2.18. The molecule has 3 nitrogen and oxygen atoms in total. The second-order valence-electron chi connectivity index (χ2n) is 3.72. The van der Waals surface area contributed by atoms with E-state index in [9.17, 15) is 4.79 Å². The number of nitrogen functional groups attached to an aromatic ring is 1. The minimum atomic E-state index is -0.159. The van der Waals surface area contributed by atoms with Crippen molar-refractivity contribution in [2.75, 3.05) is 5.73 Å². The molecule has 0 aliphatic carbocycles. The van der Waals surface area contributed by atoms with Gasteiger partial charge in [-0.1, -0.05) is 25.4 Å². The Morgan fingerprint density at radius 3 is 2.62 bits per heavy atom. The zero-order valence-electron chi connectivity index (χ0n) is 9.59. The molecule has 0 spiro atoms. The second kappa shape index (κ2) is 5.75. The fourth-order valence-corrected chi connectivity index (χ4v) is 1.65. The summed E-state index contributed by atoms with van der Waals surface area (Å²) in [7, 11) is 0. The Hall–Kier alpha value is -1.22. The maximum absolute atomic E-state index is 11.9. The van der Waals surface area contributed by atoms with E-state index in [0.29, 0.717) is 16.3 Å². The summed E-state index contributed by atoms with van der Waals surface area (Å²) in [6, 6.07) is 5.09. The highest BCUT2D eigenvalue weighted by Gasteiger charge is 2.13. The molecule has 4 heteroatoms. The van der Waals surface area contributed by atoms with Crippen LogP contribution >= 0.6 is 11.6 Å². The van der Waals surface area contributed by atoms with E-state index in [4.69, 9.17) is 17.3 Å². The lowest BCUT2D eigenvalue weighted by atomic mass is 10.1. The molecular weight excluding hydrogens is 224 g/mol. The van der Waals surface area contributed by atoms with Gasteiger partial charge in [0.15, 0.2) is 0 Å². The van der Waals surface area contributed by atoms with Gasteiger partial charge in [0.05, 0.1) is 5.56 Å². The normalized spacial score (nSPS) is 10.5. The van der Waals surface area contributed by atoms with Crippen LogP contribution in [0.25, 0.3) is 0 Å². The van der Waals surface area contributed by atoms with Gasteiger partial charge in [-0.05, 0) is 31.0 Å². The van der Waals surface area contributed by atoms with Crippen LogP contribution in [0, 0.1) is 0 Å². The van der Waals surface area contributed by atoms with E-state index in [1.807, 2.05) is 13.8 Å². The predicted octanol–water partition coefficient (Wildman–Crippen LogP) is 2.84. The van der Waals surface area contributed by atoms with E-state index >= 15 is 0 Å². The van der Waals surface area contributed by atoms with E-state index in [1.54, 1.807) is 18.2 Å². The molecule has 3 N–H and O–H groups in total. The van der Waals surface area contributed by atoms with Gasteiger partial charge in [0.1, 0.15) is 0 Å². The molecule has 0 aliphatic rings. The number of carbonyl (C=O) groups excluding carboxylic acids is 1. The molecular formula is C12H17ClN2O. The summed E-state index contributed by atoms with van der Waals surface area (Å²) in [5.41, 5.74) is 6.63. The molecule has 0 saturated heterocycles. The standard InChI is InChI=1S/C12H17ClN2O/c1-3-9(4-2)15-12(16)10-7-8(13)5-6-11(10)14/h5-7,9H,3-4,14H2,1-2H3,(H,15,16). The molecule has 1 amide bonds. The Balaban J connectivity index is 2.83. The third kappa shape index (κ3) is 3.14. The van der Waals surface area contributed by atoms with Crippen molar-refractivity contribution >= 4 is 23.2 Å². The number of nitrogens with two attached hydrogens (primary N) is 1. The Bertz CT molecular complexity index is 375. The molecule has 0 aliphatic heterocycles. The summed E-state index contributed by atoms with van der Waals surface area (Å²) in [6.45, 7) is 4.07. The van der Waals surface area contributed by atoms with Crippen LogP contribution in [0.2, 0.25) is 5.02 Å². The van der Waals surface area contributed by atoms with Crippen LogP contribution in [0.4, 0.5) is 5.69 Å². The molecule has 88 valence electrons. The first kappa shape index (κ1) is 12.8. The third-order valence-electron chi connectivity index (χ3n) is 2.58. The highest BCUT2D eigenvalue weighted by atomic mass is 35.5.